The van der Waals surface area contributed by atoms with Crippen LogP contribution in [0, 0.1) is 6.92 Å². The fourth-order valence-electron chi connectivity index (χ4n) is 1.49. The molecule has 0 saturated heterocycles. The minimum Gasteiger partial charge on any atom is -0.545 e. The maximum absolute atomic E-state index is 10.7. The quantitative estimate of drug-likeness (QED) is 0.723. The molecule has 16 heavy (non-hydrogen) atoms. The molecule has 2 N–H and O–H groups in total. The van der Waals surface area contributed by atoms with Crippen molar-refractivity contribution in [3.8, 4) is 5.69 Å². The lowest BCUT2D eigenvalue weighted by atomic mass is 10.2. The number of nitrogen functional groups attached to an aromatic ring is 1. The van der Waals surface area contributed by atoms with E-state index in [1.165, 1.54) is 10.9 Å². The van der Waals surface area contributed by atoms with Crippen LogP contribution in [0.4, 0.5) is 5.69 Å². The number of aromatic nitrogens is 2. The van der Waals surface area contributed by atoms with E-state index < -0.39 is 5.97 Å². The summed E-state index contributed by atoms with van der Waals surface area (Å²) in [6, 6.07) is 7.01. The van der Waals surface area contributed by atoms with Gasteiger partial charge in [-0.2, -0.15) is 5.10 Å². The van der Waals surface area contributed by atoms with Crippen molar-refractivity contribution in [3.05, 3.63) is 41.7 Å². The first-order valence-electron chi connectivity index (χ1n) is 4.71. The van der Waals surface area contributed by atoms with Gasteiger partial charge in [0.2, 0.25) is 0 Å². The molecular formula is C11H10N3O2-. The second kappa shape index (κ2) is 3.69. The molecule has 2 aromatic rings. The number of carboxylic acid groups (broad SMARTS) is 1. The van der Waals surface area contributed by atoms with Crippen molar-refractivity contribution in [3.63, 3.8) is 0 Å². The summed E-state index contributed by atoms with van der Waals surface area (Å²) in [6.07, 6.45) is 1.28. The van der Waals surface area contributed by atoms with Crippen molar-refractivity contribution in [2.24, 2.45) is 0 Å². The number of carboxylic acids is 1. The Morgan fingerprint density at radius 1 is 1.38 bits per heavy atom. The molecule has 0 radical (unpaired) electrons. The van der Waals surface area contributed by atoms with E-state index in [0.29, 0.717) is 11.4 Å². The average Bonchev–Trinajstić information content (AvgIpc) is 2.61. The summed E-state index contributed by atoms with van der Waals surface area (Å²) in [7, 11) is 0. The number of hydrogen-bond donors (Lipinski definition) is 1. The fraction of sp³-hybridized carbons (Fsp3) is 0.0909. The monoisotopic (exact) mass is 216 g/mol. The summed E-state index contributed by atoms with van der Waals surface area (Å²) in [5.41, 5.74) is 7.60. The molecule has 0 fully saturated rings. The van der Waals surface area contributed by atoms with Crippen LogP contribution in [0.15, 0.2) is 30.5 Å². The number of aromatic carboxylic acids is 1. The van der Waals surface area contributed by atoms with Gasteiger partial charge in [-0.1, -0.05) is 0 Å². The Hall–Kier alpha value is -2.30. The lowest BCUT2D eigenvalue weighted by molar-refractivity contribution is -0.255. The Morgan fingerprint density at radius 2 is 2.00 bits per heavy atom. The van der Waals surface area contributed by atoms with Crippen LogP contribution in [-0.2, 0) is 0 Å². The van der Waals surface area contributed by atoms with E-state index in [9.17, 15) is 9.90 Å². The van der Waals surface area contributed by atoms with Crippen LogP contribution in [0.3, 0.4) is 0 Å². The number of nitrogens with two attached hydrogens (primary N) is 1. The van der Waals surface area contributed by atoms with E-state index in [0.717, 1.165) is 5.69 Å². The molecular weight excluding hydrogens is 206 g/mol. The molecule has 0 atom stereocenters. The minimum atomic E-state index is -1.22. The Kier molecular flexibility index (Phi) is 2.36. The van der Waals surface area contributed by atoms with Gasteiger partial charge in [0, 0.05) is 11.3 Å². The van der Waals surface area contributed by atoms with Crippen molar-refractivity contribution in [2.45, 2.75) is 6.92 Å². The van der Waals surface area contributed by atoms with E-state index in [2.05, 4.69) is 5.10 Å². The van der Waals surface area contributed by atoms with Gasteiger partial charge >= 0.3 is 0 Å². The highest BCUT2D eigenvalue weighted by atomic mass is 16.4. The van der Waals surface area contributed by atoms with E-state index >= 15 is 0 Å². The molecule has 1 aromatic heterocycles. The predicted molar refractivity (Wildman–Crippen MR) is 57.0 cm³/mol. The van der Waals surface area contributed by atoms with Crippen LogP contribution in [0.5, 0.6) is 0 Å². The van der Waals surface area contributed by atoms with Crippen molar-refractivity contribution in [1.29, 1.82) is 0 Å². The fourth-order valence-corrected chi connectivity index (χ4v) is 1.49. The molecule has 0 unspecified atom stereocenters. The molecule has 1 aromatic carbocycles. The van der Waals surface area contributed by atoms with E-state index in [1.807, 2.05) is 0 Å². The Morgan fingerprint density at radius 3 is 2.50 bits per heavy atom. The van der Waals surface area contributed by atoms with Gasteiger partial charge in [0.25, 0.3) is 0 Å². The van der Waals surface area contributed by atoms with Gasteiger partial charge in [-0.25, -0.2) is 4.68 Å². The number of nitrogens with zero attached hydrogens (tertiary/aromatic N) is 2. The second-order valence-corrected chi connectivity index (χ2v) is 3.43. The number of hydrogen-bond acceptors (Lipinski definition) is 4. The number of benzene rings is 1. The first-order valence-corrected chi connectivity index (χ1v) is 4.71. The Labute approximate surface area is 92.1 Å². The number of carbonyl (C=O) groups excluding carboxylic acids is 1. The molecule has 5 nitrogen and oxygen atoms in total. The van der Waals surface area contributed by atoms with Gasteiger partial charge in [0.1, 0.15) is 0 Å². The summed E-state index contributed by atoms with van der Waals surface area (Å²) in [4.78, 5) is 10.7. The molecule has 82 valence electrons. The molecule has 0 amide bonds. The highest BCUT2D eigenvalue weighted by Crippen LogP contribution is 2.14. The number of rotatable bonds is 2. The largest absolute Gasteiger partial charge is 0.545 e. The molecule has 5 heteroatoms. The van der Waals surface area contributed by atoms with Gasteiger partial charge in [-0.05, 0) is 31.2 Å². The molecule has 1 heterocycles. The van der Waals surface area contributed by atoms with Gasteiger partial charge < -0.3 is 15.6 Å². The molecule has 0 spiro atoms. The summed E-state index contributed by atoms with van der Waals surface area (Å²) in [5.74, 6) is -1.22. The van der Waals surface area contributed by atoms with Gasteiger partial charge in [-0.3, -0.25) is 0 Å². The Bertz CT molecular complexity index is 529. The summed E-state index contributed by atoms with van der Waals surface area (Å²) in [5, 5.41) is 14.7. The average molecular weight is 216 g/mol. The maximum atomic E-state index is 10.7. The third-order valence-corrected chi connectivity index (χ3v) is 2.37. The van der Waals surface area contributed by atoms with Crippen LogP contribution in [0.1, 0.15) is 16.1 Å². The zero-order chi connectivity index (χ0) is 11.7. The molecule has 0 aliphatic rings. The highest BCUT2D eigenvalue weighted by molar-refractivity contribution is 5.86. The first kappa shape index (κ1) is 10.2. The van der Waals surface area contributed by atoms with Gasteiger partial charge in [0.15, 0.2) is 0 Å². The molecule has 2 rings (SSSR count). The molecule has 0 aliphatic carbocycles. The minimum absolute atomic E-state index is 0.0943. The molecule has 0 saturated carbocycles. The van der Waals surface area contributed by atoms with Crippen molar-refractivity contribution in [1.82, 2.24) is 9.78 Å². The van der Waals surface area contributed by atoms with Crippen LogP contribution >= 0.6 is 0 Å². The highest BCUT2D eigenvalue weighted by Gasteiger charge is 2.08. The number of carbonyl (C=O) groups is 1. The van der Waals surface area contributed by atoms with E-state index in [4.69, 9.17) is 5.73 Å². The summed E-state index contributed by atoms with van der Waals surface area (Å²) in [6.45, 7) is 1.68. The first-order chi connectivity index (χ1) is 7.59. The summed E-state index contributed by atoms with van der Waals surface area (Å²) >= 11 is 0. The zero-order valence-electron chi connectivity index (χ0n) is 8.68. The van der Waals surface area contributed by atoms with Crippen molar-refractivity contribution < 1.29 is 9.90 Å². The molecule has 0 aliphatic heterocycles. The van der Waals surface area contributed by atoms with E-state index in [-0.39, 0.29) is 5.56 Å². The topological polar surface area (TPSA) is 84.0 Å². The molecule has 0 bridgehead atoms. The second-order valence-electron chi connectivity index (χ2n) is 3.43. The predicted octanol–water partition coefficient (Wildman–Crippen LogP) is 0.126. The van der Waals surface area contributed by atoms with Crippen LogP contribution in [0.25, 0.3) is 5.69 Å². The third-order valence-electron chi connectivity index (χ3n) is 2.37. The van der Waals surface area contributed by atoms with Crippen LogP contribution in [-0.4, -0.2) is 15.7 Å². The lowest BCUT2D eigenvalue weighted by Crippen LogP contribution is -2.22. The third kappa shape index (κ3) is 1.63. The zero-order valence-corrected chi connectivity index (χ0v) is 8.68. The maximum Gasteiger partial charge on any atom is 0.0749 e. The van der Waals surface area contributed by atoms with Crippen LogP contribution in [0.2, 0.25) is 0 Å². The smallest absolute Gasteiger partial charge is 0.0749 e. The number of anilines is 1. The SMILES string of the molecule is Cc1c(C(=O)[O-])cnn1-c1ccc(N)cc1. The normalized spacial score (nSPS) is 10.3. The van der Waals surface area contributed by atoms with Gasteiger partial charge in [0.05, 0.1) is 23.5 Å². The standard InChI is InChI=1S/C11H11N3O2/c1-7-10(11(15)16)6-13-14(7)9-4-2-8(12)3-5-9/h2-6H,12H2,1H3,(H,15,16)/p-1. The van der Waals surface area contributed by atoms with Crippen molar-refractivity contribution >= 4 is 11.7 Å². The van der Waals surface area contributed by atoms with Crippen LogP contribution < -0.4 is 10.8 Å². The Balaban J connectivity index is 2.49. The van der Waals surface area contributed by atoms with Crippen molar-refractivity contribution in [2.75, 3.05) is 5.73 Å². The van der Waals surface area contributed by atoms with E-state index in [1.54, 1.807) is 31.2 Å². The summed E-state index contributed by atoms with van der Waals surface area (Å²) < 4.78 is 1.53. The van der Waals surface area contributed by atoms with Gasteiger partial charge in [-0.15, -0.1) is 0 Å². The lowest BCUT2D eigenvalue weighted by Gasteiger charge is -2.06.